The van der Waals surface area contributed by atoms with Crippen molar-refractivity contribution in [3.63, 3.8) is 0 Å². The molecular weight excluding hydrogens is 310 g/mol. The molecule has 0 spiro atoms. The highest BCUT2D eigenvalue weighted by molar-refractivity contribution is 8.04. The summed E-state index contributed by atoms with van der Waals surface area (Å²) in [5.74, 6) is -1.31. The SMILES string of the molecule is Cc1ccccc1C=C1Sc2ccccc2N(CC(=O)O)C1=O. The Hall–Kier alpha value is -2.53. The molecule has 116 valence electrons. The Kier molecular flexibility index (Phi) is 4.21. The summed E-state index contributed by atoms with van der Waals surface area (Å²) >= 11 is 1.38. The Labute approximate surface area is 138 Å². The predicted molar refractivity (Wildman–Crippen MR) is 91.4 cm³/mol. The molecule has 2 aromatic rings. The van der Waals surface area contributed by atoms with Gasteiger partial charge in [-0.25, -0.2) is 0 Å². The Morgan fingerprint density at radius 2 is 1.87 bits per heavy atom. The number of para-hydroxylation sites is 1. The van der Waals surface area contributed by atoms with E-state index in [4.69, 9.17) is 5.11 Å². The first-order chi connectivity index (χ1) is 11.1. The smallest absolute Gasteiger partial charge is 0.323 e. The molecule has 3 rings (SSSR count). The number of hydrogen-bond acceptors (Lipinski definition) is 3. The summed E-state index contributed by atoms with van der Waals surface area (Å²) in [5, 5.41) is 9.11. The molecule has 1 N–H and O–H groups in total. The molecule has 1 amide bonds. The van der Waals surface area contributed by atoms with E-state index in [9.17, 15) is 9.59 Å². The number of carboxylic acids is 1. The van der Waals surface area contributed by atoms with Gasteiger partial charge in [-0.15, -0.1) is 0 Å². The Morgan fingerprint density at radius 1 is 1.17 bits per heavy atom. The second-order valence-electron chi connectivity index (χ2n) is 5.22. The highest BCUT2D eigenvalue weighted by atomic mass is 32.2. The summed E-state index contributed by atoms with van der Waals surface area (Å²) in [5.41, 5.74) is 2.67. The number of carbonyl (C=O) groups excluding carboxylic acids is 1. The number of aryl methyl sites for hydroxylation is 1. The Bertz CT molecular complexity index is 813. The minimum absolute atomic E-state index is 0.278. The molecule has 2 aromatic carbocycles. The first kappa shape index (κ1) is 15.4. The van der Waals surface area contributed by atoms with Crippen molar-refractivity contribution in [1.29, 1.82) is 0 Å². The van der Waals surface area contributed by atoms with E-state index in [0.29, 0.717) is 10.6 Å². The lowest BCUT2D eigenvalue weighted by molar-refractivity contribution is -0.136. The van der Waals surface area contributed by atoms with E-state index in [-0.39, 0.29) is 12.5 Å². The van der Waals surface area contributed by atoms with Gasteiger partial charge in [-0.2, -0.15) is 0 Å². The number of aliphatic carboxylic acids is 1. The van der Waals surface area contributed by atoms with Crippen LogP contribution in [-0.2, 0) is 9.59 Å². The van der Waals surface area contributed by atoms with Crippen LogP contribution in [0.1, 0.15) is 11.1 Å². The van der Waals surface area contributed by atoms with E-state index in [0.717, 1.165) is 16.0 Å². The molecule has 0 saturated carbocycles. The zero-order chi connectivity index (χ0) is 16.4. The standard InChI is InChI=1S/C18H15NO3S/c1-12-6-2-3-7-13(12)10-16-18(22)19(11-17(20)21)14-8-4-5-9-15(14)23-16/h2-10H,11H2,1H3,(H,20,21). The number of benzene rings is 2. The van der Waals surface area contributed by atoms with E-state index in [1.54, 1.807) is 12.1 Å². The molecule has 1 heterocycles. The summed E-state index contributed by atoms with van der Waals surface area (Å²) in [7, 11) is 0. The van der Waals surface area contributed by atoms with Gasteiger partial charge in [0.2, 0.25) is 0 Å². The topological polar surface area (TPSA) is 57.6 Å². The second kappa shape index (κ2) is 6.30. The van der Waals surface area contributed by atoms with Crippen LogP contribution in [0.4, 0.5) is 5.69 Å². The van der Waals surface area contributed by atoms with Gasteiger partial charge < -0.3 is 5.11 Å². The summed E-state index contributed by atoms with van der Waals surface area (Å²) in [6, 6.07) is 15.1. The van der Waals surface area contributed by atoms with Crippen LogP contribution in [0.15, 0.2) is 58.3 Å². The van der Waals surface area contributed by atoms with Crippen molar-refractivity contribution in [1.82, 2.24) is 0 Å². The van der Waals surface area contributed by atoms with Crippen LogP contribution in [0.25, 0.3) is 6.08 Å². The molecule has 0 fully saturated rings. The maximum absolute atomic E-state index is 12.7. The van der Waals surface area contributed by atoms with E-state index >= 15 is 0 Å². The third-order valence-corrected chi connectivity index (χ3v) is 4.68. The molecule has 0 aliphatic carbocycles. The zero-order valence-corrected chi connectivity index (χ0v) is 13.3. The van der Waals surface area contributed by atoms with Crippen LogP contribution in [-0.4, -0.2) is 23.5 Å². The number of anilines is 1. The van der Waals surface area contributed by atoms with Gasteiger partial charge in [0.15, 0.2) is 0 Å². The van der Waals surface area contributed by atoms with Gasteiger partial charge in [-0.05, 0) is 36.3 Å². The van der Waals surface area contributed by atoms with Crippen LogP contribution in [0, 0.1) is 6.92 Å². The summed E-state index contributed by atoms with van der Waals surface area (Å²) in [4.78, 5) is 26.6. The van der Waals surface area contributed by atoms with Crippen molar-refractivity contribution in [3.8, 4) is 0 Å². The van der Waals surface area contributed by atoms with Crippen molar-refractivity contribution in [2.45, 2.75) is 11.8 Å². The maximum Gasteiger partial charge on any atom is 0.323 e. The number of nitrogens with zero attached hydrogens (tertiary/aromatic N) is 1. The molecule has 1 aliphatic heterocycles. The number of carbonyl (C=O) groups is 2. The van der Waals surface area contributed by atoms with Gasteiger partial charge in [-0.3, -0.25) is 14.5 Å². The fourth-order valence-corrected chi connectivity index (χ4v) is 3.49. The zero-order valence-electron chi connectivity index (χ0n) is 12.5. The molecule has 0 aromatic heterocycles. The lowest BCUT2D eigenvalue weighted by atomic mass is 10.1. The van der Waals surface area contributed by atoms with Crippen LogP contribution in [0.2, 0.25) is 0 Å². The molecule has 0 bridgehead atoms. The molecular formula is C18H15NO3S. The average molecular weight is 325 g/mol. The van der Waals surface area contributed by atoms with Crippen molar-refractivity contribution in [2.75, 3.05) is 11.4 Å². The van der Waals surface area contributed by atoms with Gasteiger partial charge in [0, 0.05) is 4.90 Å². The van der Waals surface area contributed by atoms with Crippen molar-refractivity contribution in [3.05, 3.63) is 64.6 Å². The summed E-state index contributed by atoms with van der Waals surface area (Å²) in [6.45, 7) is 1.63. The summed E-state index contributed by atoms with van der Waals surface area (Å²) < 4.78 is 0. The Balaban J connectivity index is 2.06. The number of amides is 1. The van der Waals surface area contributed by atoms with E-state index in [1.165, 1.54) is 16.7 Å². The normalized spacial score (nSPS) is 15.6. The molecule has 5 heteroatoms. The maximum atomic E-state index is 12.7. The molecule has 4 nitrogen and oxygen atoms in total. The van der Waals surface area contributed by atoms with E-state index in [1.807, 2.05) is 49.4 Å². The van der Waals surface area contributed by atoms with Crippen molar-refractivity contribution < 1.29 is 14.7 Å². The molecule has 0 atom stereocenters. The second-order valence-corrected chi connectivity index (χ2v) is 6.30. The van der Waals surface area contributed by atoms with E-state index < -0.39 is 5.97 Å². The molecule has 23 heavy (non-hydrogen) atoms. The third-order valence-electron chi connectivity index (χ3n) is 3.60. The summed E-state index contributed by atoms with van der Waals surface area (Å²) in [6.07, 6.45) is 1.83. The van der Waals surface area contributed by atoms with Crippen LogP contribution < -0.4 is 4.90 Å². The monoisotopic (exact) mass is 325 g/mol. The molecule has 0 radical (unpaired) electrons. The predicted octanol–water partition coefficient (Wildman–Crippen LogP) is 3.56. The van der Waals surface area contributed by atoms with Crippen LogP contribution in [0.3, 0.4) is 0 Å². The molecule has 1 aliphatic rings. The van der Waals surface area contributed by atoms with Crippen LogP contribution >= 0.6 is 11.8 Å². The van der Waals surface area contributed by atoms with Crippen molar-refractivity contribution in [2.24, 2.45) is 0 Å². The third kappa shape index (κ3) is 3.14. The highest BCUT2D eigenvalue weighted by Gasteiger charge is 2.30. The first-order valence-corrected chi connectivity index (χ1v) is 7.96. The fraction of sp³-hybridized carbons (Fsp3) is 0.111. The number of hydrogen-bond donors (Lipinski definition) is 1. The average Bonchev–Trinajstić information content (AvgIpc) is 2.53. The minimum atomic E-state index is -1.03. The lowest BCUT2D eigenvalue weighted by Crippen LogP contribution is -2.38. The quantitative estimate of drug-likeness (QED) is 0.877. The lowest BCUT2D eigenvalue weighted by Gasteiger charge is -2.29. The fourth-order valence-electron chi connectivity index (χ4n) is 2.44. The van der Waals surface area contributed by atoms with Gasteiger partial charge in [0.1, 0.15) is 6.54 Å². The molecule has 0 unspecified atom stereocenters. The van der Waals surface area contributed by atoms with Crippen LogP contribution in [0.5, 0.6) is 0 Å². The molecule has 0 saturated heterocycles. The Morgan fingerprint density at radius 3 is 2.61 bits per heavy atom. The number of carboxylic acid groups (broad SMARTS) is 1. The van der Waals surface area contributed by atoms with Gasteiger partial charge in [0.05, 0.1) is 10.6 Å². The number of rotatable bonds is 3. The van der Waals surface area contributed by atoms with Crippen molar-refractivity contribution >= 4 is 35.4 Å². The van der Waals surface area contributed by atoms with E-state index in [2.05, 4.69) is 0 Å². The highest BCUT2D eigenvalue weighted by Crippen LogP contribution is 2.42. The van der Waals surface area contributed by atoms with Gasteiger partial charge in [-0.1, -0.05) is 48.2 Å². The van der Waals surface area contributed by atoms with Gasteiger partial charge in [0.25, 0.3) is 5.91 Å². The first-order valence-electron chi connectivity index (χ1n) is 7.14. The van der Waals surface area contributed by atoms with Gasteiger partial charge >= 0.3 is 5.97 Å². The minimum Gasteiger partial charge on any atom is -0.480 e. The largest absolute Gasteiger partial charge is 0.480 e. The number of thioether (sulfide) groups is 1. The number of fused-ring (bicyclic) bond motifs is 1.